The number of nitrogens with zero attached hydrogens (tertiary/aromatic N) is 1. The van der Waals surface area contributed by atoms with Crippen molar-refractivity contribution in [2.24, 2.45) is 0 Å². The van der Waals surface area contributed by atoms with Crippen LogP contribution in [0.4, 0.5) is 0 Å². The molecule has 0 aliphatic rings. The molecule has 1 aromatic carbocycles. The predicted octanol–water partition coefficient (Wildman–Crippen LogP) is 1.79. The molecule has 0 spiro atoms. The van der Waals surface area contributed by atoms with Crippen LogP contribution in [0.1, 0.15) is 0 Å². The third-order valence-electron chi connectivity index (χ3n) is 1.99. The number of imidazole rings is 1. The van der Waals surface area contributed by atoms with Crippen LogP contribution in [0.3, 0.4) is 0 Å². The van der Waals surface area contributed by atoms with Crippen molar-refractivity contribution < 1.29 is 9.84 Å². The molecule has 4 heteroatoms. The Morgan fingerprint density at radius 3 is 2.86 bits per heavy atom. The highest BCUT2D eigenvalue weighted by molar-refractivity contribution is 5.62. The quantitative estimate of drug-likeness (QED) is 0.759. The lowest BCUT2D eigenvalue weighted by molar-refractivity contribution is 0.373. The van der Waals surface area contributed by atoms with E-state index in [-0.39, 0.29) is 5.75 Å². The first-order valence-electron chi connectivity index (χ1n) is 4.17. The van der Waals surface area contributed by atoms with Gasteiger partial charge >= 0.3 is 0 Å². The number of aromatic amines is 1. The second kappa shape index (κ2) is 3.41. The normalized spacial score (nSPS) is 10.1. The van der Waals surface area contributed by atoms with Crippen molar-refractivity contribution in [3.05, 3.63) is 30.7 Å². The van der Waals surface area contributed by atoms with E-state index in [4.69, 9.17) is 4.74 Å². The standard InChI is InChI=1S/C10H10N2O2/c1-14-10-3-2-7(4-9(10)13)8-5-11-6-12-8/h2-6,13H,1H3,(H,11,12). The molecule has 0 fully saturated rings. The summed E-state index contributed by atoms with van der Waals surface area (Å²) < 4.78 is 4.94. The third kappa shape index (κ3) is 1.42. The van der Waals surface area contributed by atoms with E-state index in [0.29, 0.717) is 5.75 Å². The predicted molar refractivity (Wildman–Crippen MR) is 52.2 cm³/mol. The molecule has 0 aliphatic carbocycles. The zero-order chi connectivity index (χ0) is 9.97. The van der Waals surface area contributed by atoms with Gasteiger partial charge in [0.05, 0.1) is 25.3 Å². The maximum Gasteiger partial charge on any atom is 0.160 e. The minimum atomic E-state index is 0.125. The van der Waals surface area contributed by atoms with Gasteiger partial charge in [-0.2, -0.15) is 0 Å². The molecular formula is C10H10N2O2. The van der Waals surface area contributed by atoms with Crippen molar-refractivity contribution in [2.75, 3.05) is 7.11 Å². The van der Waals surface area contributed by atoms with Gasteiger partial charge in [0.2, 0.25) is 0 Å². The number of H-pyrrole nitrogens is 1. The maximum absolute atomic E-state index is 9.53. The molecule has 1 heterocycles. The van der Waals surface area contributed by atoms with Gasteiger partial charge in [-0.15, -0.1) is 0 Å². The second-order valence-electron chi connectivity index (χ2n) is 2.85. The molecule has 2 rings (SSSR count). The van der Waals surface area contributed by atoms with Crippen molar-refractivity contribution in [1.82, 2.24) is 9.97 Å². The smallest absolute Gasteiger partial charge is 0.160 e. The van der Waals surface area contributed by atoms with Gasteiger partial charge in [0.25, 0.3) is 0 Å². The Bertz CT molecular complexity index is 424. The first-order chi connectivity index (χ1) is 6.81. The molecule has 1 aromatic heterocycles. The van der Waals surface area contributed by atoms with Gasteiger partial charge < -0.3 is 14.8 Å². The number of hydrogen-bond acceptors (Lipinski definition) is 3. The molecule has 2 N–H and O–H groups in total. The molecule has 14 heavy (non-hydrogen) atoms. The van der Waals surface area contributed by atoms with E-state index < -0.39 is 0 Å². The molecule has 0 saturated heterocycles. The number of hydrogen-bond donors (Lipinski definition) is 2. The van der Waals surface area contributed by atoms with E-state index in [9.17, 15) is 5.11 Å². The van der Waals surface area contributed by atoms with Crippen molar-refractivity contribution in [2.45, 2.75) is 0 Å². The van der Waals surface area contributed by atoms with E-state index in [1.165, 1.54) is 7.11 Å². The van der Waals surface area contributed by atoms with Gasteiger partial charge in [0.1, 0.15) is 0 Å². The minimum absolute atomic E-state index is 0.125. The van der Waals surface area contributed by atoms with Crippen LogP contribution in [0.25, 0.3) is 11.3 Å². The zero-order valence-electron chi connectivity index (χ0n) is 7.69. The maximum atomic E-state index is 9.53. The average Bonchev–Trinajstić information content (AvgIpc) is 2.70. The Hall–Kier alpha value is -1.97. The lowest BCUT2D eigenvalue weighted by Crippen LogP contribution is -1.84. The highest BCUT2D eigenvalue weighted by atomic mass is 16.5. The van der Waals surface area contributed by atoms with E-state index in [0.717, 1.165) is 11.3 Å². The molecule has 0 amide bonds. The molecule has 2 aromatic rings. The Morgan fingerprint density at radius 2 is 2.29 bits per heavy atom. The van der Waals surface area contributed by atoms with Gasteiger partial charge in [0, 0.05) is 5.56 Å². The highest BCUT2D eigenvalue weighted by Gasteiger charge is 2.04. The first-order valence-corrected chi connectivity index (χ1v) is 4.17. The third-order valence-corrected chi connectivity index (χ3v) is 1.99. The van der Waals surface area contributed by atoms with Crippen LogP contribution in [0.2, 0.25) is 0 Å². The molecule has 72 valence electrons. The number of phenols is 1. The zero-order valence-corrected chi connectivity index (χ0v) is 7.69. The number of rotatable bonds is 2. The number of ether oxygens (including phenoxy) is 1. The molecule has 0 atom stereocenters. The van der Waals surface area contributed by atoms with Crippen molar-refractivity contribution in [3.63, 3.8) is 0 Å². The summed E-state index contributed by atoms with van der Waals surface area (Å²) in [7, 11) is 1.52. The van der Waals surface area contributed by atoms with Gasteiger partial charge in [0.15, 0.2) is 11.5 Å². The summed E-state index contributed by atoms with van der Waals surface area (Å²) >= 11 is 0. The Morgan fingerprint density at radius 1 is 1.43 bits per heavy atom. The fourth-order valence-electron chi connectivity index (χ4n) is 1.27. The summed E-state index contributed by atoms with van der Waals surface area (Å²) in [5, 5.41) is 9.53. The summed E-state index contributed by atoms with van der Waals surface area (Å²) in [6, 6.07) is 5.20. The van der Waals surface area contributed by atoms with E-state index >= 15 is 0 Å². The number of methoxy groups -OCH3 is 1. The van der Waals surface area contributed by atoms with Crippen LogP contribution in [0.15, 0.2) is 30.7 Å². The van der Waals surface area contributed by atoms with Gasteiger partial charge in [-0.25, -0.2) is 4.98 Å². The van der Waals surface area contributed by atoms with Crippen LogP contribution in [0, 0.1) is 0 Å². The van der Waals surface area contributed by atoms with Gasteiger partial charge in [-0.05, 0) is 18.2 Å². The van der Waals surface area contributed by atoms with Crippen LogP contribution in [-0.4, -0.2) is 22.2 Å². The lowest BCUT2D eigenvalue weighted by atomic mass is 10.1. The topological polar surface area (TPSA) is 58.1 Å². The summed E-state index contributed by atoms with van der Waals surface area (Å²) in [6.07, 6.45) is 3.29. The molecule has 0 unspecified atom stereocenters. The van der Waals surface area contributed by atoms with Crippen LogP contribution in [-0.2, 0) is 0 Å². The number of phenolic OH excluding ortho intramolecular Hbond substituents is 1. The molecule has 0 bridgehead atoms. The van der Waals surface area contributed by atoms with Crippen LogP contribution < -0.4 is 4.74 Å². The largest absolute Gasteiger partial charge is 0.504 e. The summed E-state index contributed by atoms with van der Waals surface area (Å²) in [5.41, 5.74) is 1.74. The van der Waals surface area contributed by atoms with E-state index in [1.54, 1.807) is 24.7 Å². The number of nitrogens with one attached hydrogen (secondary N) is 1. The van der Waals surface area contributed by atoms with E-state index in [2.05, 4.69) is 9.97 Å². The Labute approximate surface area is 81.2 Å². The Kier molecular flexibility index (Phi) is 2.10. The number of aromatic nitrogens is 2. The van der Waals surface area contributed by atoms with Crippen molar-refractivity contribution >= 4 is 0 Å². The number of benzene rings is 1. The fourth-order valence-corrected chi connectivity index (χ4v) is 1.27. The van der Waals surface area contributed by atoms with Crippen molar-refractivity contribution in [1.29, 1.82) is 0 Å². The van der Waals surface area contributed by atoms with Crippen LogP contribution >= 0.6 is 0 Å². The van der Waals surface area contributed by atoms with Gasteiger partial charge in [-0.3, -0.25) is 0 Å². The fraction of sp³-hybridized carbons (Fsp3) is 0.100. The first kappa shape index (κ1) is 8.62. The second-order valence-corrected chi connectivity index (χ2v) is 2.85. The van der Waals surface area contributed by atoms with Gasteiger partial charge in [-0.1, -0.05) is 0 Å². The SMILES string of the molecule is COc1ccc(-c2cnc[nH]2)cc1O. The molecule has 4 nitrogen and oxygen atoms in total. The summed E-state index contributed by atoms with van der Waals surface area (Å²) in [4.78, 5) is 6.86. The summed E-state index contributed by atoms with van der Waals surface area (Å²) in [5.74, 6) is 0.591. The molecule has 0 aliphatic heterocycles. The Balaban J connectivity index is 2.43. The lowest BCUT2D eigenvalue weighted by Gasteiger charge is -2.04. The highest BCUT2D eigenvalue weighted by Crippen LogP contribution is 2.30. The molecule has 0 radical (unpaired) electrons. The number of aromatic hydroxyl groups is 1. The monoisotopic (exact) mass is 190 g/mol. The molecule has 0 saturated carbocycles. The average molecular weight is 190 g/mol. The van der Waals surface area contributed by atoms with E-state index in [1.807, 2.05) is 6.07 Å². The molecular weight excluding hydrogens is 180 g/mol. The van der Waals surface area contributed by atoms with Crippen molar-refractivity contribution in [3.8, 4) is 22.8 Å². The van der Waals surface area contributed by atoms with Crippen LogP contribution in [0.5, 0.6) is 11.5 Å². The minimum Gasteiger partial charge on any atom is -0.504 e. The summed E-state index contributed by atoms with van der Waals surface area (Å²) in [6.45, 7) is 0.